The van der Waals surface area contributed by atoms with Crippen molar-refractivity contribution in [3.05, 3.63) is 84.1 Å². The van der Waals surface area contributed by atoms with Crippen molar-refractivity contribution in [2.24, 2.45) is 5.10 Å². The molecule has 2 aromatic heterocycles. The van der Waals surface area contributed by atoms with Gasteiger partial charge in [-0.05, 0) is 17.7 Å². The number of benzene rings is 2. The maximum Gasteiger partial charge on any atom is 0.141 e. The zero-order valence-corrected chi connectivity index (χ0v) is 13.3. The number of fused-ring (bicyclic) bond motifs is 1. The first kappa shape index (κ1) is 14.8. The molecule has 6 nitrogen and oxygen atoms in total. The number of aromatic nitrogens is 4. The summed E-state index contributed by atoms with van der Waals surface area (Å²) in [6, 6.07) is 18.1. The third-order valence-corrected chi connectivity index (χ3v) is 4.03. The highest BCUT2D eigenvalue weighted by molar-refractivity contribution is 5.99. The Labute approximate surface area is 144 Å². The second-order valence-corrected chi connectivity index (χ2v) is 5.58. The monoisotopic (exact) mass is 326 g/mol. The highest BCUT2D eigenvalue weighted by Crippen LogP contribution is 2.22. The van der Waals surface area contributed by atoms with Gasteiger partial charge in [0, 0.05) is 29.2 Å². The highest BCUT2D eigenvalue weighted by Gasteiger charge is 2.09. The van der Waals surface area contributed by atoms with E-state index in [1.165, 1.54) is 0 Å². The molecule has 0 aliphatic rings. The third-order valence-electron chi connectivity index (χ3n) is 4.03. The molecule has 0 aliphatic heterocycles. The van der Waals surface area contributed by atoms with Gasteiger partial charge in [-0.1, -0.05) is 36.4 Å². The molecule has 25 heavy (non-hydrogen) atoms. The van der Waals surface area contributed by atoms with Crippen molar-refractivity contribution in [1.29, 1.82) is 5.26 Å². The average molecular weight is 326 g/mol. The number of nitriles is 1. The molecule has 6 heteroatoms. The summed E-state index contributed by atoms with van der Waals surface area (Å²) in [4.78, 5) is 0. The zero-order chi connectivity index (χ0) is 17.1. The van der Waals surface area contributed by atoms with Crippen molar-refractivity contribution in [3.8, 4) is 6.07 Å². The molecule has 0 bridgehead atoms. The summed E-state index contributed by atoms with van der Waals surface area (Å²) in [5.41, 5.74) is 3.78. The first-order valence-corrected chi connectivity index (χ1v) is 7.80. The van der Waals surface area contributed by atoms with Gasteiger partial charge in [0.15, 0.2) is 0 Å². The summed E-state index contributed by atoms with van der Waals surface area (Å²) in [7, 11) is 0. The Morgan fingerprint density at radius 3 is 2.64 bits per heavy atom. The number of hydrogen-bond acceptors (Lipinski definition) is 4. The van der Waals surface area contributed by atoms with E-state index in [0.717, 1.165) is 22.0 Å². The Balaban J connectivity index is 1.76. The van der Waals surface area contributed by atoms with Gasteiger partial charge in [0.2, 0.25) is 0 Å². The third kappa shape index (κ3) is 2.91. The van der Waals surface area contributed by atoms with Crippen LogP contribution in [0.4, 0.5) is 0 Å². The van der Waals surface area contributed by atoms with Gasteiger partial charge in [0.1, 0.15) is 12.7 Å². The summed E-state index contributed by atoms with van der Waals surface area (Å²) in [6.07, 6.45) is 6.92. The summed E-state index contributed by atoms with van der Waals surface area (Å²) in [6.45, 7) is 0.630. The predicted molar refractivity (Wildman–Crippen MR) is 95.2 cm³/mol. The molecule has 4 aromatic rings. The molecule has 120 valence electrons. The van der Waals surface area contributed by atoms with E-state index in [1.807, 2.05) is 42.6 Å². The van der Waals surface area contributed by atoms with Crippen molar-refractivity contribution in [2.75, 3.05) is 0 Å². The minimum Gasteiger partial charge on any atom is -0.342 e. The number of hydrogen-bond donors (Lipinski definition) is 0. The lowest BCUT2D eigenvalue weighted by molar-refractivity contribution is 0.833. The van der Waals surface area contributed by atoms with Crippen molar-refractivity contribution >= 4 is 17.1 Å². The summed E-state index contributed by atoms with van der Waals surface area (Å²) in [5.74, 6) is 0. The van der Waals surface area contributed by atoms with Crippen LogP contribution in [0.3, 0.4) is 0 Å². The van der Waals surface area contributed by atoms with E-state index in [9.17, 15) is 5.26 Å². The topological polar surface area (TPSA) is 71.8 Å². The van der Waals surface area contributed by atoms with Crippen molar-refractivity contribution in [1.82, 2.24) is 19.4 Å². The fourth-order valence-electron chi connectivity index (χ4n) is 2.84. The van der Waals surface area contributed by atoms with Crippen LogP contribution in [-0.4, -0.2) is 25.7 Å². The normalized spacial score (nSPS) is 11.2. The standard InChI is InChI=1S/C19H14N6/c20-9-15-5-1-2-6-16(15)11-24-12-17(10-23-25-13-21-22-14-25)18-7-3-4-8-19(18)24/h1-8,10,12-14H,11H2/b23-10-. The predicted octanol–water partition coefficient (Wildman–Crippen LogP) is 3.03. The molecular formula is C19H14N6. The fraction of sp³-hybridized carbons (Fsp3) is 0.0526. The smallest absolute Gasteiger partial charge is 0.141 e. The molecule has 0 unspecified atom stereocenters. The SMILES string of the molecule is N#Cc1ccccc1Cn1cc(/C=N\n2cnnc2)c2ccccc21. The lowest BCUT2D eigenvalue weighted by Gasteiger charge is -2.07. The van der Waals surface area contributed by atoms with Crippen LogP contribution in [0.15, 0.2) is 72.5 Å². The summed E-state index contributed by atoms with van der Waals surface area (Å²) >= 11 is 0. The average Bonchev–Trinajstić information content (AvgIpc) is 3.29. The Hall–Kier alpha value is -3.72. The molecule has 0 atom stereocenters. The first-order chi connectivity index (χ1) is 12.3. The van der Waals surface area contributed by atoms with Gasteiger partial charge in [0.25, 0.3) is 0 Å². The van der Waals surface area contributed by atoms with Gasteiger partial charge in [-0.3, -0.25) is 0 Å². The van der Waals surface area contributed by atoms with Crippen LogP contribution in [0.5, 0.6) is 0 Å². The van der Waals surface area contributed by atoms with Crippen molar-refractivity contribution < 1.29 is 0 Å². The molecular weight excluding hydrogens is 312 g/mol. The van der Waals surface area contributed by atoms with Crippen molar-refractivity contribution in [2.45, 2.75) is 6.54 Å². The Bertz CT molecular complexity index is 1080. The van der Waals surface area contributed by atoms with Crippen LogP contribution in [0, 0.1) is 11.3 Å². The van der Waals surface area contributed by atoms with Gasteiger partial charge in [-0.25, -0.2) is 4.68 Å². The second kappa shape index (κ2) is 6.42. The molecule has 0 N–H and O–H groups in total. The lowest BCUT2D eigenvalue weighted by Crippen LogP contribution is -2.00. The van der Waals surface area contributed by atoms with E-state index >= 15 is 0 Å². The van der Waals surface area contributed by atoms with Crippen LogP contribution in [0.2, 0.25) is 0 Å². The quantitative estimate of drug-likeness (QED) is 0.541. The van der Waals surface area contributed by atoms with Crippen LogP contribution in [-0.2, 0) is 6.54 Å². The maximum absolute atomic E-state index is 9.31. The molecule has 0 amide bonds. The number of nitrogens with zero attached hydrogens (tertiary/aromatic N) is 6. The van der Waals surface area contributed by atoms with E-state index in [2.05, 4.69) is 38.1 Å². The molecule has 0 saturated heterocycles. The summed E-state index contributed by atoms with van der Waals surface area (Å²) < 4.78 is 3.69. The van der Waals surface area contributed by atoms with Crippen LogP contribution in [0.25, 0.3) is 10.9 Å². The van der Waals surface area contributed by atoms with Crippen molar-refractivity contribution in [3.63, 3.8) is 0 Å². The maximum atomic E-state index is 9.31. The lowest BCUT2D eigenvalue weighted by atomic mass is 10.1. The van der Waals surface area contributed by atoms with Gasteiger partial charge in [-0.15, -0.1) is 10.2 Å². The summed E-state index contributed by atoms with van der Waals surface area (Å²) in [5, 5.41) is 22.2. The van der Waals surface area contributed by atoms with Crippen LogP contribution in [0.1, 0.15) is 16.7 Å². The van der Waals surface area contributed by atoms with Gasteiger partial charge in [0.05, 0.1) is 17.8 Å². The van der Waals surface area contributed by atoms with Crippen LogP contribution >= 0.6 is 0 Å². The molecule has 0 radical (unpaired) electrons. The van der Waals surface area contributed by atoms with E-state index in [1.54, 1.807) is 23.5 Å². The molecule has 0 spiro atoms. The van der Waals surface area contributed by atoms with Gasteiger partial charge >= 0.3 is 0 Å². The van der Waals surface area contributed by atoms with E-state index < -0.39 is 0 Å². The Kier molecular flexibility index (Phi) is 3.81. The molecule has 0 fully saturated rings. The molecule has 2 aromatic carbocycles. The second-order valence-electron chi connectivity index (χ2n) is 5.58. The molecule has 4 rings (SSSR count). The van der Waals surface area contributed by atoms with E-state index in [4.69, 9.17) is 0 Å². The molecule has 2 heterocycles. The Morgan fingerprint density at radius 1 is 1.04 bits per heavy atom. The van der Waals surface area contributed by atoms with Gasteiger partial charge < -0.3 is 4.57 Å². The van der Waals surface area contributed by atoms with E-state index in [-0.39, 0.29) is 0 Å². The minimum atomic E-state index is 0.630. The Morgan fingerprint density at radius 2 is 1.80 bits per heavy atom. The molecule has 0 saturated carbocycles. The number of rotatable bonds is 4. The molecule has 0 aliphatic carbocycles. The number of para-hydroxylation sites is 1. The first-order valence-electron chi connectivity index (χ1n) is 7.80. The minimum absolute atomic E-state index is 0.630. The zero-order valence-electron chi connectivity index (χ0n) is 13.3. The van der Waals surface area contributed by atoms with E-state index in [0.29, 0.717) is 12.1 Å². The largest absolute Gasteiger partial charge is 0.342 e. The van der Waals surface area contributed by atoms with Crippen LogP contribution < -0.4 is 0 Å². The van der Waals surface area contributed by atoms with Gasteiger partial charge in [-0.2, -0.15) is 10.4 Å². The highest BCUT2D eigenvalue weighted by atomic mass is 15.4. The fourth-order valence-corrected chi connectivity index (χ4v) is 2.84.